The van der Waals surface area contributed by atoms with Crippen molar-refractivity contribution in [1.82, 2.24) is 4.90 Å². The number of nitro benzene ring substituents is 1. The van der Waals surface area contributed by atoms with Crippen LogP contribution in [0.15, 0.2) is 12.1 Å². The van der Waals surface area contributed by atoms with Gasteiger partial charge in [-0.15, -0.1) is 0 Å². The van der Waals surface area contributed by atoms with Gasteiger partial charge in [0.05, 0.1) is 34.8 Å². The van der Waals surface area contributed by atoms with Crippen LogP contribution in [0.2, 0.25) is 5.02 Å². The van der Waals surface area contributed by atoms with Gasteiger partial charge in [-0.05, 0) is 38.7 Å². The van der Waals surface area contributed by atoms with Crippen LogP contribution < -0.4 is 4.90 Å². The molecule has 1 aromatic carbocycles. The van der Waals surface area contributed by atoms with Crippen molar-refractivity contribution < 1.29 is 19.2 Å². The topological polar surface area (TPSA) is 85.1 Å². The number of ether oxygens (including phenoxy) is 2. The number of esters is 1. The summed E-state index contributed by atoms with van der Waals surface area (Å²) in [5.74, 6) is -0.134. The van der Waals surface area contributed by atoms with Crippen LogP contribution in [0.1, 0.15) is 37.0 Å². The number of benzene rings is 1. The Hall–Kier alpha value is -1.90. The Balaban J connectivity index is 1.68. The molecule has 2 saturated heterocycles. The lowest BCUT2D eigenvalue weighted by atomic mass is 9.95. The second-order valence-electron chi connectivity index (χ2n) is 7.98. The smallest absolute Gasteiger partial charge is 0.339 e. The highest BCUT2D eigenvalue weighted by Gasteiger charge is 2.30. The summed E-state index contributed by atoms with van der Waals surface area (Å²) in [6, 6.07) is 2.73. The second kappa shape index (κ2) is 9.28. The lowest BCUT2D eigenvalue weighted by Gasteiger charge is -2.40. The predicted molar refractivity (Wildman–Crippen MR) is 111 cm³/mol. The molecule has 3 rings (SSSR count). The third-order valence-electron chi connectivity index (χ3n) is 5.63. The van der Waals surface area contributed by atoms with E-state index in [9.17, 15) is 14.9 Å². The van der Waals surface area contributed by atoms with Crippen molar-refractivity contribution in [1.29, 1.82) is 0 Å². The summed E-state index contributed by atoms with van der Waals surface area (Å²) in [5.41, 5.74) is 0.346. The fourth-order valence-electron chi connectivity index (χ4n) is 4.37. The van der Waals surface area contributed by atoms with Crippen molar-refractivity contribution in [2.75, 3.05) is 44.7 Å². The predicted octanol–water partition coefficient (Wildman–Crippen LogP) is 3.36. The van der Waals surface area contributed by atoms with Crippen molar-refractivity contribution in [3.63, 3.8) is 0 Å². The van der Waals surface area contributed by atoms with Gasteiger partial charge in [0.25, 0.3) is 5.69 Å². The van der Waals surface area contributed by atoms with E-state index >= 15 is 0 Å². The molecule has 8 nitrogen and oxygen atoms in total. The molecule has 0 amide bonds. The number of piperidine rings is 1. The molecular weight excluding hydrogens is 398 g/mol. The molecule has 2 fully saturated rings. The van der Waals surface area contributed by atoms with Crippen LogP contribution >= 0.6 is 11.6 Å². The third-order valence-corrected chi connectivity index (χ3v) is 5.95. The Kier molecular flexibility index (Phi) is 6.97. The molecule has 0 radical (unpaired) electrons. The summed E-state index contributed by atoms with van der Waals surface area (Å²) >= 11 is 6.22. The maximum absolute atomic E-state index is 11.8. The van der Waals surface area contributed by atoms with Crippen LogP contribution in [0, 0.1) is 16.0 Å². The molecule has 160 valence electrons. The summed E-state index contributed by atoms with van der Waals surface area (Å²) in [4.78, 5) is 27.4. The zero-order valence-corrected chi connectivity index (χ0v) is 17.9. The first-order chi connectivity index (χ1) is 13.8. The van der Waals surface area contributed by atoms with E-state index in [-0.39, 0.29) is 28.5 Å². The highest BCUT2D eigenvalue weighted by Crippen LogP contribution is 2.36. The maximum Gasteiger partial charge on any atom is 0.339 e. The SMILES string of the molecule is COC(=O)c1cc([N+](=O)[O-])c(N2CCC(CN3CC(C)OC(C)C3)CC2)cc1Cl. The summed E-state index contributed by atoms with van der Waals surface area (Å²) < 4.78 is 10.5. The molecule has 9 heteroatoms. The standard InChI is InChI=1S/C20H28ClN3O5/c1-13-10-22(11-14(2)29-13)12-15-4-6-23(7-5-15)18-9-17(21)16(20(25)28-3)8-19(18)24(26)27/h8-9,13-15H,4-7,10-12H2,1-3H3. The number of halogens is 1. The molecule has 2 aliphatic rings. The lowest BCUT2D eigenvalue weighted by molar-refractivity contribution is -0.384. The normalized spacial score (nSPS) is 23.8. The first-order valence-electron chi connectivity index (χ1n) is 9.97. The first-order valence-corrected chi connectivity index (χ1v) is 10.3. The highest BCUT2D eigenvalue weighted by molar-refractivity contribution is 6.34. The van der Waals surface area contributed by atoms with E-state index in [4.69, 9.17) is 16.3 Å². The molecule has 0 saturated carbocycles. The van der Waals surface area contributed by atoms with Crippen molar-refractivity contribution >= 4 is 28.9 Å². The number of anilines is 1. The monoisotopic (exact) mass is 425 g/mol. The number of rotatable bonds is 5. The maximum atomic E-state index is 11.8. The zero-order chi connectivity index (χ0) is 21.1. The molecule has 29 heavy (non-hydrogen) atoms. The highest BCUT2D eigenvalue weighted by atomic mass is 35.5. The van der Waals surface area contributed by atoms with E-state index in [0.717, 1.165) is 45.6 Å². The van der Waals surface area contributed by atoms with Crippen molar-refractivity contribution in [2.45, 2.75) is 38.9 Å². The van der Waals surface area contributed by atoms with E-state index < -0.39 is 10.9 Å². The number of carbonyl (C=O) groups excluding carboxylic acids is 1. The summed E-state index contributed by atoms with van der Waals surface area (Å²) in [6.45, 7) is 8.55. The van der Waals surface area contributed by atoms with Crippen molar-refractivity contribution in [2.24, 2.45) is 5.92 Å². The summed E-state index contributed by atoms with van der Waals surface area (Å²) in [7, 11) is 1.22. The fraction of sp³-hybridized carbons (Fsp3) is 0.650. The minimum Gasteiger partial charge on any atom is -0.465 e. The molecule has 1 aromatic rings. The Morgan fingerprint density at radius 2 is 1.90 bits per heavy atom. The number of hydrogen-bond donors (Lipinski definition) is 0. The quantitative estimate of drug-likeness (QED) is 0.406. The van der Waals surface area contributed by atoms with Crippen LogP contribution in [0.4, 0.5) is 11.4 Å². The van der Waals surface area contributed by atoms with Crippen molar-refractivity contribution in [3.8, 4) is 0 Å². The molecule has 0 aromatic heterocycles. The van der Waals surface area contributed by atoms with Crippen LogP contribution in [-0.2, 0) is 9.47 Å². The van der Waals surface area contributed by atoms with Crippen LogP contribution in [-0.4, -0.2) is 67.8 Å². The van der Waals surface area contributed by atoms with E-state index in [2.05, 4.69) is 23.5 Å². The van der Waals surface area contributed by atoms with Crippen molar-refractivity contribution in [3.05, 3.63) is 32.8 Å². The first kappa shape index (κ1) is 21.8. The average molecular weight is 426 g/mol. The zero-order valence-electron chi connectivity index (χ0n) is 17.1. The van der Waals surface area contributed by atoms with Gasteiger partial charge in [0.15, 0.2) is 0 Å². The van der Waals surface area contributed by atoms with Crippen LogP contribution in [0.5, 0.6) is 0 Å². The van der Waals surface area contributed by atoms with Crippen LogP contribution in [0.25, 0.3) is 0 Å². The van der Waals surface area contributed by atoms with Crippen LogP contribution in [0.3, 0.4) is 0 Å². The molecule has 2 heterocycles. The number of morpholine rings is 1. The number of nitrogens with zero attached hydrogens (tertiary/aromatic N) is 3. The van der Waals surface area contributed by atoms with E-state index in [1.54, 1.807) is 0 Å². The van der Waals surface area contributed by atoms with E-state index in [0.29, 0.717) is 11.6 Å². The Bertz CT molecular complexity index is 757. The summed E-state index contributed by atoms with van der Waals surface area (Å²) in [5, 5.41) is 11.8. The molecule has 2 atom stereocenters. The van der Waals surface area contributed by atoms with Gasteiger partial charge < -0.3 is 14.4 Å². The van der Waals surface area contributed by atoms with Gasteiger partial charge >= 0.3 is 5.97 Å². The number of methoxy groups -OCH3 is 1. The largest absolute Gasteiger partial charge is 0.465 e. The van der Waals surface area contributed by atoms with Gasteiger partial charge in [-0.1, -0.05) is 11.6 Å². The molecule has 0 N–H and O–H groups in total. The van der Waals surface area contributed by atoms with E-state index in [1.807, 2.05) is 4.90 Å². The van der Waals surface area contributed by atoms with Gasteiger partial charge in [-0.3, -0.25) is 15.0 Å². The minimum atomic E-state index is -0.683. The Morgan fingerprint density at radius 1 is 1.28 bits per heavy atom. The number of hydrogen-bond acceptors (Lipinski definition) is 7. The molecule has 0 spiro atoms. The molecule has 0 aliphatic carbocycles. The van der Waals surface area contributed by atoms with Gasteiger partial charge in [-0.25, -0.2) is 4.79 Å². The van der Waals surface area contributed by atoms with Gasteiger partial charge in [0.2, 0.25) is 0 Å². The Labute approximate surface area is 175 Å². The summed E-state index contributed by atoms with van der Waals surface area (Å²) in [6.07, 6.45) is 2.40. The molecule has 2 unspecified atom stereocenters. The minimum absolute atomic E-state index is 0.00931. The second-order valence-corrected chi connectivity index (χ2v) is 8.38. The molecular formula is C20H28ClN3O5. The van der Waals surface area contributed by atoms with E-state index in [1.165, 1.54) is 19.2 Å². The third kappa shape index (κ3) is 5.18. The van der Waals surface area contributed by atoms with Gasteiger partial charge in [0, 0.05) is 38.8 Å². The number of nitro groups is 1. The molecule has 0 bridgehead atoms. The number of carbonyl (C=O) groups is 1. The van der Waals surface area contributed by atoms with Gasteiger partial charge in [-0.2, -0.15) is 0 Å². The average Bonchev–Trinajstić information content (AvgIpc) is 2.66. The Morgan fingerprint density at radius 3 is 2.45 bits per heavy atom. The van der Waals surface area contributed by atoms with Gasteiger partial charge in [0.1, 0.15) is 5.69 Å². The molecule has 2 aliphatic heterocycles. The lowest BCUT2D eigenvalue weighted by Crippen LogP contribution is -2.48. The fourth-order valence-corrected chi connectivity index (χ4v) is 4.61.